The standard InChI is InChI=1S/C15H25N3O/c1-11(2)16-9-8-15(19)17-13-7-6-12(3)14(10-13)18(4)5/h6-7,10-11,16H,8-9H2,1-5H3,(H,17,19). The molecule has 0 aliphatic rings. The summed E-state index contributed by atoms with van der Waals surface area (Å²) < 4.78 is 0. The van der Waals surface area contributed by atoms with Crippen molar-refractivity contribution < 1.29 is 4.79 Å². The minimum atomic E-state index is 0.0432. The third kappa shape index (κ3) is 5.30. The van der Waals surface area contributed by atoms with E-state index in [-0.39, 0.29) is 5.91 Å². The molecule has 0 aliphatic heterocycles. The van der Waals surface area contributed by atoms with E-state index in [0.717, 1.165) is 11.4 Å². The Morgan fingerprint density at radius 1 is 1.32 bits per heavy atom. The third-order valence-corrected chi connectivity index (χ3v) is 2.88. The van der Waals surface area contributed by atoms with Crippen LogP contribution in [-0.2, 0) is 4.79 Å². The SMILES string of the molecule is Cc1ccc(NC(=O)CCNC(C)C)cc1N(C)C. The Hall–Kier alpha value is -1.55. The molecule has 2 N–H and O–H groups in total. The van der Waals surface area contributed by atoms with E-state index in [2.05, 4.69) is 31.4 Å². The fraction of sp³-hybridized carbons (Fsp3) is 0.533. The van der Waals surface area contributed by atoms with Crippen LogP contribution >= 0.6 is 0 Å². The molecule has 1 amide bonds. The van der Waals surface area contributed by atoms with Gasteiger partial charge in [-0.05, 0) is 24.6 Å². The summed E-state index contributed by atoms with van der Waals surface area (Å²) >= 11 is 0. The maximum Gasteiger partial charge on any atom is 0.225 e. The van der Waals surface area contributed by atoms with Gasteiger partial charge in [-0.25, -0.2) is 0 Å². The molecule has 0 aliphatic carbocycles. The van der Waals surface area contributed by atoms with Crippen molar-refractivity contribution in [3.05, 3.63) is 23.8 Å². The number of benzene rings is 1. The molecule has 0 unspecified atom stereocenters. The molecule has 0 fully saturated rings. The summed E-state index contributed by atoms with van der Waals surface area (Å²) in [5, 5.41) is 6.16. The van der Waals surface area contributed by atoms with Crippen LogP contribution in [0.15, 0.2) is 18.2 Å². The molecule has 0 saturated carbocycles. The first-order valence-corrected chi connectivity index (χ1v) is 6.71. The van der Waals surface area contributed by atoms with Crippen LogP contribution in [0.2, 0.25) is 0 Å². The van der Waals surface area contributed by atoms with Crippen LogP contribution in [0.5, 0.6) is 0 Å². The Labute approximate surface area is 116 Å². The molecule has 106 valence electrons. The number of aryl methyl sites for hydroxylation is 1. The van der Waals surface area contributed by atoms with Crippen molar-refractivity contribution in [3.63, 3.8) is 0 Å². The number of anilines is 2. The van der Waals surface area contributed by atoms with Gasteiger partial charge in [0.25, 0.3) is 0 Å². The van der Waals surface area contributed by atoms with Crippen molar-refractivity contribution in [2.24, 2.45) is 0 Å². The zero-order valence-electron chi connectivity index (χ0n) is 12.6. The van der Waals surface area contributed by atoms with Crippen molar-refractivity contribution in [3.8, 4) is 0 Å². The van der Waals surface area contributed by atoms with E-state index in [1.807, 2.05) is 37.2 Å². The predicted octanol–water partition coefficient (Wildman–Crippen LogP) is 2.39. The van der Waals surface area contributed by atoms with Crippen LogP contribution in [0.1, 0.15) is 25.8 Å². The van der Waals surface area contributed by atoms with E-state index in [9.17, 15) is 4.79 Å². The normalized spacial score (nSPS) is 10.6. The smallest absolute Gasteiger partial charge is 0.225 e. The van der Waals surface area contributed by atoms with Gasteiger partial charge in [-0.2, -0.15) is 0 Å². The topological polar surface area (TPSA) is 44.4 Å². The molecule has 0 bridgehead atoms. The highest BCUT2D eigenvalue weighted by Crippen LogP contribution is 2.22. The number of amides is 1. The molecule has 19 heavy (non-hydrogen) atoms. The van der Waals surface area contributed by atoms with Gasteiger partial charge in [-0.1, -0.05) is 19.9 Å². The van der Waals surface area contributed by atoms with Gasteiger partial charge < -0.3 is 15.5 Å². The molecular weight excluding hydrogens is 238 g/mol. The molecule has 4 nitrogen and oxygen atoms in total. The maximum atomic E-state index is 11.8. The van der Waals surface area contributed by atoms with E-state index in [1.165, 1.54) is 5.56 Å². The number of nitrogens with one attached hydrogen (secondary N) is 2. The minimum Gasteiger partial charge on any atom is -0.377 e. The molecule has 1 aromatic rings. The van der Waals surface area contributed by atoms with E-state index >= 15 is 0 Å². The molecule has 0 atom stereocenters. The summed E-state index contributed by atoms with van der Waals surface area (Å²) in [4.78, 5) is 13.8. The highest BCUT2D eigenvalue weighted by molar-refractivity contribution is 5.91. The quantitative estimate of drug-likeness (QED) is 0.828. The first-order valence-electron chi connectivity index (χ1n) is 6.71. The average Bonchev–Trinajstić information content (AvgIpc) is 2.30. The van der Waals surface area contributed by atoms with Crippen molar-refractivity contribution in [2.45, 2.75) is 33.2 Å². The number of carbonyl (C=O) groups excluding carboxylic acids is 1. The molecule has 0 spiro atoms. The Balaban J connectivity index is 2.57. The van der Waals surface area contributed by atoms with Gasteiger partial charge in [-0.3, -0.25) is 4.79 Å². The van der Waals surface area contributed by atoms with Crippen LogP contribution in [-0.4, -0.2) is 32.6 Å². The summed E-state index contributed by atoms with van der Waals surface area (Å²) in [5.74, 6) is 0.0432. The minimum absolute atomic E-state index is 0.0432. The van der Waals surface area contributed by atoms with Crippen LogP contribution in [0.25, 0.3) is 0 Å². The zero-order valence-corrected chi connectivity index (χ0v) is 12.6. The monoisotopic (exact) mass is 263 g/mol. The zero-order chi connectivity index (χ0) is 14.4. The van der Waals surface area contributed by atoms with Crippen LogP contribution in [0.3, 0.4) is 0 Å². The second-order valence-corrected chi connectivity index (χ2v) is 5.30. The lowest BCUT2D eigenvalue weighted by atomic mass is 10.1. The van der Waals surface area contributed by atoms with Crippen molar-refractivity contribution in [2.75, 3.05) is 30.9 Å². The Morgan fingerprint density at radius 3 is 2.58 bits per heavy atom. The fourth-order valence-corrected chi connectivity index (χ4v) is 1.87. The van der Waals surface area contributed by atoms with Crippen molar-refractivity contribution >= 4 is 17.3 Å². The number of hydrogen-bond acceptors (Lipinski definition) is 3. The van der Waals surface area contributed by atoms with Crippen molar-refractivity contribution in [1.82, 2.24) is 5.32 Å². The van der Waals surface area contributed by atoms with E-state index in [4.69, 9.17) is 0 Å². The van der Waals surface area contributed by atoms with Gasteiger partial charge in [0.15, 0.2) is 0 Å². The third-order valence-electron chi connectivity index (χ3n) is 2.88. The lowest BCUT2D eigenvalue weighted by Crippen LogP contribution is -2.27. The van der Waals surface area contributed by atoms with E-state index < -0.39 is 0 Å². The number of hydrogen-bond donors (Lipinski definition) is 2. The van der Waals surface area contributed by atoms with E-state index in [1.54, 1.807) is 0 Å². The number of carbonyl (C=O) groups is 1. The molecule has 4 heteroatoms. The second kappa shape index (κ2) is 7.14. The molecule has 1 aromatic carbocycles. The van der Waals surface area contributed by atoms with Crippen LogP contribution in [0, 0.1) is 6.92 Å². The van der Waals surface area contributed by atoms with Crippen molar-refractivity contribution in [1.29, 1.82) is 0 Å². The Morgan fingerprint density at radius 2 is 2.00 bits per heavy atom. The predicted molar refractivity (Wildman–Crippen MR) is 81.9 cm³/mol. The highest BCUT2D eigenvalue weighted by atomic mass is 16.1. The second-order valence-electron chi connectivity index (χ2n) is 5.30. The maximum absolute atomic E-state index is 11.8. The Kier molecular flexibility index (Phi) is 5.83. The molecule has 1 rings (SSSR count). The lowest BCUT2D eigenvalue weighted by molar-refractivity contribution is -0.116. The van der Waals surface area contributed by atoms with Gasteiger partial charge in [0.2, 0.25) is 5.91 Å². The first-order chi connectivity index (χ1) is 8.90. The van der Waals surface area contributed by atoms with Gasteiger partial charge in [0, 0.05) is 44.5 Å². The Bertz CT molecular complexity index is 427. The first kappa shape index (κ1) is 15.5. The van der Waals surface area contributed by atoms with E-state index in [0.29, 0.717) is 19.0 Å². The number of rotatable bonds is 6. The lowest BCUT2D eigenvalue weighted by Gasteiger charge is -2.17. The molecule has 0 radical (unpaired) electrons. The summed E-state index contributed by atoms with van der Waals surface area (Å²) in [6.45, 7) is 6.91. The summed E-state index contributed by atoms with van der Waals surface area (Å²) in [7, 11) is 4.00. The van der Waals surface area contributed by atoms with Gasteiger partial charge >= 0.3 is 0 Å². The number of nitrogens with zero attached hydrogens (tertiary/aromatic N) is 1. The average molecular weight is 263 g/mol. The fourth-order valence-electron chi connectivity index (χ4n) is 1.87. The molecule has 0 saturated heterocycles. The largest absolute Gasteiger partial charge is 0.377 e. The summed E-state index contributed by atoms with van der Waals surface area (Å²) in [6.07, 6.45) is 0.489. The molecule has 0 heterocycles. The molecular formula is C15H25N3O. The van der Waals surface area contributed by atoms with Gasteiger partial charge in [-0.15, -0.1) is 0 Å². The van der Waals surface area contributed by atoms with Gasteiger partial charge in [0.1, 0.15) is 0 Å². The highest BCUT2D eigenvalue weighted by Gasteiger charge is 2.06. The summed E-state index contributed by atoms with van der Waals surface area (Å²) in [6, 6.07) is 6.38. The summed E-state index contributed by atoms with van der Waals surface area (Å²) in [5.41, 5.74) is 3.17. The van der Waals surface area contributed by atoms with Gasteiger partial charge in [0.05, 0.1) is 0 Å². The van der Waals surface area contributed by atoms with Crippen LogP contribution < -0.4 is 15.5 Å². The molecule has 0 aromatic heterocycles. The van der Waals surface area contributed by atoms with Crippen LogP contribution in [0.4, 0.5) is 11.4 Å².